The lowest BCUT2D eigenvalue weighted by Crippen LogP contribution is -1.98. The van der Waals surface area contributed by atoms with Crippen LogP contribution in [-0.4, -0.2) is 16.1 Å². The Bertz CT molecular complexity index is 623. The minimum absolute atomic E-state index is 0.180. The van der Waals surface area contributed by atoms with Crippen LogP contribution in [0.15, 0.2) is 30.6 Å². The highest BCUT2D eigenvalue weighted by Gasteiger charge is 2.09. The molecule has 0 amide bonds. The van der Waals surface area contributed by atoms with Gasteiger partial charge in [0.25, 0.3) is 0 Å². The number of nitrogens with zero attached hydrogens (tertiary/aromatic N) is 1. The first kappa shape index (κ1) is 12.6. The molecular formula is C14H12ClNO2. The molecule has 0 unspecified atom stereocenters. The zero-order valence-corrected chi connectivity index (χ0v) is 10.8. The Morgan fingerprint density at radius 3 is 2.56 bits per heavy atom. The molecule has 0 spiro atoms. The molecule has 18 heavy (non-hydrogen) atoms. The van der Waals surface area contributed by atoms with Crippen LogP contribution < -0.4 is 0 Å². The molecular weight excluding hydrogens is 250 g/mol. The molecule has 0 bridgehead atoms. The first-order valence-corrected chi connectivity index (χ1v) is 5.82. The van der Waals surface area contributed by atoms with Crippen LogP contribution in [0.4, 0.5) is 0 Å². The summed E-state index contributed by atoms with van der Waals surface area (Å²) in [6.07, 6.45) is 2.99. The molecule has 0 aliphatic carbocycles. The molecule has 0 fully saturated rings. The number of aromatic nitrogens is 1. The molecule has 0 saturated carbocycles. The lowest BCUT2D eigenvalue weighted by molar-refractivity contribution is 0.0696. The van der Waals surface area contributed by atoms with Gasteiger partial charge in [-0.2, -0.15) is 0 Å². The highest BCUT2D eigenvalue weighted by Crippen LogP contribution is 2.28. The van der Waals surface area contributed by atoms with Crippen molar-refractivity contribution in [3.05, 3.63) is 52.3 Å². The summed E-state index contributed by atoms with van der Waals surface area (Å²) in [6, 6.07) is 5.44. The second-order valence-electron chi connectivity index (χ2n) is 4.18. The van der Waals surface area contributed by atoms with E-state index in [4.69, 9.17) is 16.7 Å². The van der Waals surface area contributed by atoms with Crippen LogP contribution in [0, 0.1) is 13.8 Å². The van der Waals surface area contributed by atoms with Crippen molar-refractivity contribution < 1.29 is 9.90 Å². The van der Waals surface area contributed by atoms with Crippen molar-refractivity contribution in [3.8, 4) is 11.1 Å². The van der Waals surface area contributed by atoms with Gasteiger partial charge in [0.2, 0.25) is 0 Å². The Kier molecular flexibility index (Phi) is 3.34. The third kappa shape index (κ3) is 2.36. The number of rotatable bonds is 2. The van der Waals surface area contributed by atoms with Crippen molar-refractivity contribution in [2.45, 2.75) is 13.8 Å². The molecule has 0 radical (unpaired) electrons. The van der Waals surface area contributed by atoms with Gasteiger partial charge in [0.05, 0.1) is 5.56 Å². The van der Waals surface area contributed by atoms with E-state index in [0.717, 1.165) is 22.3 Å². The number of carbonyl (C=O) groups is 1. The molecule has 1 heterocycles. The van der Waals surface area contributed by atoms with E-state index >= 15 is 0 Å². The van der Waals surface area contributed by atoms with E-state index in [0.29, 0.717) is 5.02 Å². The monoisotopic (exact) mass is 261 g/mol. The van der Waals surface area contributed by atoms with Crippen LogP contribution in [0.25, 0.3) is 11.1 Å². The average Bonchev–Trinajstić information content (AvgIpc) is 2.34. The lowest BCUT2D eigenvalue weighted by Gasteiger charge is -2.09. The van der Waals surface area contributed by atoms with Gasteiger partial charge in [-0.1, -0.05) is 11.6 Å². The molecule has 92 valence electrons. The summed E-state index contributed by atoms with van der Waals surface area (Å²) in [5.41, 5.74) is 3.87. The fraction of sp³-hybridized carbons (Fsp3) is 0.143. The summed E-state index contributed by atoms with van der Waals surface area (Å²) in [7, 11) is 0. The van der Waals surface area contributed by atoms with Crippen LogP contribution in [0.2, 0.25) is 5.02 Å². The molecule has 0 aliphatic heterocycles. The van der Waals surface area contributed by atoms with Crippen molar-refractivity contribution in [3.63, 3.8) is 0 Å². The van der Waals surface area contributed by atoms with Gasteiger partial charge < -0.3 is 5.11 Å². The van der Waals surface area contributed by atoms with Crippen LogP contribution in [-0.2, 0) is 0 Å². The van der Waals surface area contributed by atoms with Gasteiger partial charge in [-0.3, -0.25) is 4.98 Å². The van der Waals surface area contributed by atoms with Gasteiger partial charge in [0, 0.05) is 23.0 Å². The zero-order chi connectivity index (χ0) is 13.3. The summed E-state index contributed by atoms with van der Waals surface area (Å²) < 4.78 is 0. The average molecular weight is 262 g/mol. The Labute approximate surface area is 110 Å². The van der Waals surface area contributed by atoms with Crippen molar-refractivity contribution in [1.82, 2.24) is 4.98 Å². The molecule has 1 aromatic carbocycles. The van der Waals surface area contributed by atoms with Gasteiger partial charge in [0.1, 0.15) is 0 Å². The molecule has 0 atom stereocenters. The van der Waals surface area contributed by atoms with Crippen LogP contribution in [0.3, 0.4) is 0 Å². The third-order valence-corrected chi connectivity index (χ3v) is 3.21. The predicted octanol–water partition coefficient (Wildman–Crippen LogP) is 3.72. The number of benzene rings is 1. The van der Waals surface area contributed by atoms with E-state index in [1.165, 1.54) is 6.20 Å². The molecule has 2 rings (SSSR count). The first-order chi connectivity index (χ1) is 8.49. The second kappa shape index (κ2) is 4.78. The van der Waals surface area contributed by atoms with Crippen LogP contribution in [0.5, 0.6) is 0 Å². The van der Waals surface area contributed by atoms with E-state index in [9.17, 15) is 4.79 Å². The van der Waals surface area contributed by atoms with Gasteiger partial charge >= 0.3 is 5.97 Å². The van der Waals surface area contributed by atoms with E-state index in [-0.39, 0.29) is 5.56 Å². The zero-order valence-electron chi connectivity index (χ0n) is 10.1. The largest absolute Gasteiger partial charge is 0.478 e. The van der Waals surface area contributed by atoms with Gasteiger partial charge in [-0.15, -0.1) is 0 Å². The molecule has 1 aromatic heterocycles. The Morgan fingerprint density at radius 1 is 1.17 bits per heavy atom. The number of hydrogen-bond acceptors (Lipinski definition) is 2. The summed E-state index contributed by atoms with van der Waals surface area (Å²) >= 11 is 6.05. The maximum Gasteiger partial charge on any atom is 0.337 e. The van der Waals surface area contributed by atoms with E-state index < -0.39 is 5.97 Å². The topological polar surface area (TPSA) is 50.2 Å². The highest BCUT2D eigenvalue weighted by molar-refractivity contribution is 6.31. The number of aromatic carboxylic acids is 1. The molecule has 1 N–H and O–H groups in total. The normalized spacial score (nSPS) is 10.4. The standard InChI is InChI=1S/C14H12ClNO2/c1-8-4-13(15)9(2)3-12(8)10-5-11(14(17)18)7-16-6-10/h3-7H,1-2H3,(H,17,18). The van der Waals surface area contributed by atoms with Gasteiger partial charge in [0.15, 0.2) is 0 Å². The second-order valence-corrected chi connectivity index (χ2v) is 4.59. The van der Waals surface area contributed by atoms with Gasteiger partial charge in [-0.05, 0) is 48.7 Å². The highest BCUT2D eigenvalue weighted by atomic mass is 35.5. The fourth-order valence-corrected chi connectivity index (χ4v) is 2.01. The first-order valence-electron chi connectivity index (χ1n) is 5.44. The predicted molar refractivity (Wildman–Crippen MR) is 71.1 cm³/mol. The molecule has 2 aromatic rings. The maximum atomic E-state index is 10.9. The van der Waals surface area contributed by atoms with Crippen molar-refractivity contribution in [2.75, 3.05) is 0 Å². The minimum Gasteiger partial charge on any atom is -0.478 e. The van der Waals surface area contributed by atoms with Crippen molar-refractivity contribution in [2.24, 2.45) is 0 Å². The number of pyridine rings is 1. The van der Waals surface area contributed by atoms with E-state index in [2.05, 4.69) is 4.98 Å². The SMILES string of the molecule is Cc1cc(-c2cncc(C(=O)O)c2)c(C)cc1Cl. The number of halogens is 1. The van der Waals surface area contributed by atoms with Crippen LogP contribution >= 0.6 is 11.6 Å². The van der Waals surface area contributed by atoms with E-state index in [1.807, 2.05) is 26.0 Å². The molecule has 3 nitrogen and oxygen atoms in total. The third-order valence-electron chi connectivity index (χ3n) is 2.80. The Morgan fingerprint density at radius 2 is 1.89 bits per heavy atom. The molecule has 4 heteroatoms. The molecule has 0 saturated heterocycles. The van der Waals surface area contributed by atoms with Crippen molar-refractivity contribution in [1.29, 1.82) is 0 Å². The quantitative estimate of drug-likeness (QED) is 0.896. The minimum atomic E-state index is -0.979. The van der Waals surface area contributed by atoms with E-state index in [1.54, 1.807) is 12.3 Å². The maximum absolute atomic E-state index is 10.9. The summed E-state index contributed by atoms with van der Waals surface area (Å²) in [5.74, 6) is -0.979. The summed E-state index contributed by atoms with van der Waals surface area (Å²) in [4.78, 5) is 14.9. The number of aryl methyl sites for hydroxylation is 2. The summed E-state index contributed by atoms with van der Waals surface area (Å²) in [6.45, 7) is 3.86. The smallest absolute Gasteiger partial charge is 0.337 e. The van der Waals surface area contributed by atoms with Crippen LogP contribution in [0.1, 0.15) is 21.5 Å². The molecule has 0 aliphatic rings. The van der Waals surface area contributed by atoms with Gasteiger partial charge in [-0.25, -0.2) is 4.79 Å². The lowest BCUT2D eigenvalue weighted by atomic mass is 9.99. The Hall–Kier alpha value is -1.87. The number of carboxylic acids is 1. The Balaban J connectivity index is 2.58. The fourth-order valence-electron chi connectivity index (χ4n) is 1.80. The number of hydrogen-bond donors (Lipinski definition) is 1. The summed E-state index contributed by atoms with van der Waals surface area (Å²) in [5, 5.41) is 9.67. The number of carboxylic acid groups (broad SMARTS) is 1. The van der Waals surface area contributed by atoms with Crippen molar-refractivity contribution >= 4 is 17.6 Å².